The van der Waals surface area contributed by atoms with Gasteiger partial charge in [-0.15, -0.1) is 0 Å². The molecule has 29 heavy (non-hydrogen) atoms. The number of hydrogen-bond acceptors (Lipinski definition) is 3. The summed E-state index contributed by atoms with van der Waals surface area (Å²) in [4.78, 5) is 11.4. The molecule has 0 spiro atoms. The lowest BCUT2D eigenvalue weighted by atomic mass is 9.84. The summed E-state index contributed by atoms with van der Waals surface area (Å²) < 4.78 is 5.25. The Morgan fingerprint density at radius 1 is 1.17 bits per heavy atom. The number of ether oxygens (including phenoxy) is 1. The molecular formula is C26H23NO2. The predicted octanol–water partition coefficient (Wildman–Crippen LogP) is 5.51. The fourth-order valence-electron chi connectivity index (χ4n) is 3.56. The van der Waals surface area contributed by atoms with Crippen LogP contribution in [-0.4, -0.2) is 20.0 Å². The van der Waals surface area contributed by atoms with Gasteiger partial charge in [-0.1, -0.05) is 79.4 Å². The van der Waals surface area contributed by atoms with Crippen LogP contribution in [-0.2, 0) is 9.53 Å². The molecule has 0 heterocycles. The number of aldehydes is 1. The Morgan fingerprint density at radius 2 is 1.97 bits per heavy atom. The maximum Gasteiger partial charge on any atom is 0.127 e. The highest BCUT2D eigenvalue weighted by molar-refractivity contribution is 5.77. The van der Waals surface area contributed by atoms with Crippen molar-refractivity contribution >= 4 is 12.4 Å². The zero-order chi connectivity index (χ0) is 20.6. The van der Waals surface area contributed by atoms with Gasteiger partial charge in [0, 0.05) is 18.6 Å². The first-order valence-electron chi connectivity index (χ1n) is 9.48. The second-order valence-corrected chi connectivity index (χ2v) is 6.86. The number of rotatable bonds is 7. The van der Waals surface area contributed by atoms with Gasteiger partial charge >= 0.3 is 0 Å². The van der Waals surface area contributed by atoms with Crippen LogP contribution in [0.2, 0.25) is 0 Å². The summed E-state index contributed by atoms with van der Waals surface area (Å²) in [7, 11) is 1.62. The molecule has 2 aromatic carbocycles. The maximum absolute atomic E-state index is 11.4. The molecule has 0 fully saturated rings. The van der Waals surface area contributed by atoms with Gasteiger partial charge in [-0.3, -0.25) is 0 Å². The average molecular weight is 381 g/mol. The van der Waals surface area contributed by atoms with Gasteiger partial charge in [-0.2, -0.15) is 5.26 Å². The van der Waals surface area contributed by atoms with Crippen molar-refractivity contribution in [2.24, 2.45) is 5.92 Å². The predicted molar refractivity (Wildman–Crippen MR) is 117 cm³/mol. The first kappa shape index (κ1) is 20.3. The van der Waals surface area contributed by atoms with Gasteiger partial charge in [0.1, 0.15) is 12.4 Å². The third-order valence-corrected chi connectivity index (χ3v) is 5.09. The maximum atomic E-state index is 11.4. The Hall–Kier alpha value is -3.48. The SMILES string of the molecule is C=CC1=C(/C=C/c2cccc(-c3ccccc3)c2C#N)C=C(COC)C(C=O)C1. The molecule has 0 saturated heterocycles. The number of nitriles is 1. The van der Waals surface area contributed by atoms with E-state index in [4.69, 9.17) is 4.74 Å². The van der Waals surface area contributed by atoms with Gasteiger partial charge < -0.3 is 9.53 Å². The third kappa shape index (κ3) is 4.51. The van der Waals surface area contributed by atoms with E-state index < -0.39 is 0 Å². The number of benzene rings is 2. The number of hydrogen-bond donors (Lipinski definition) is 0. The molecular weight excluding hydrogens is 358 g/mol. The number of methoxy groups -OCH3 is 1. The van der Waals surface area contributed by atoms with Crippen molar-refractivity contribution in [2.75, 3.05) is 13.7 Å². The van der Waals surface area contributed by atoms with Crippen LogP contribution in [0.15, 0.2) is 90.1 Å². The largest absolute Gasteiger partial charge is 0.380 e. The molecule has 0 amide bonds. The zero-order valence-corrected chi connectivity index (χ0v) is 16.5. The van der Waals surface area contributed by atoms with Gasteiger partial charge in [0.25, 0.3) is 0 Å². The topological polar surface area (TPSA) is 50.1 Å². The van der Waals surface area contributed by atoms with E-state index in [0.29, 0.717) is 18.6 Å². The molecule has 0 saturated carbocycles. The van der Waals surface area contributed by atoms with E-state index in [-0.39, 0.29) is 5.92 Å². The highest BCUT2D eigenvalue weighted by Crippen LogP contribution is 2.31. The molecule has 144 valence electrons. The van der Waals surface area contributed by atoms with Crippen LogP contribution in [0.1, 0.15) is 17.5 Å². The van der Waals surface area contributed by atoms with E-state index in [1.807, 2.05) is 66.8 Å². The van der Waals surface area contributed by atoms with Crippen LogP contribution in [0, 0.1) is 17.2 Å². The molecule has 1 aliphatic carbocycles. The average Bonchev–Trinajstić information content (AvgIpc) is 2.78. The van der Waals surface area contributed by atoms with Crippen LogP contribution in [0.3, 0.4) is 0 Å². The summed E-state index contributed by atoms with van der Waals surface area (Å²) in [5.74, 6) is -0.184. The van der Waals surface area contributed by atoms with Gasteiger partial charge in [0.15, 0.2) is 0 Å². The molecule has 3 rings (SSSR count). The van der Waals surface area contributed by atoms with Crippen molar-refractivity contribution in [3.63, 3.8) is 0 Å². The minimum Gasteiger partial charge on any atom is -0.380 e. The lowest BCUT2D eigenvalue weighted by molar-refractivity contribution is -0.110. The van der Waals surface area contributed by atoms with Crippen LogP contribution in [0.5, 0.6) is 0 Å². The molecule has 0 aliphatic heterocycles. The number of carbonyl (C=O) groups is 1. The smallest absolute Gasteiger partial charge is 0.127 e. The van der Waals surface area contributed by atoms with E-state index in [9.17, 15) is 10.1 Å². The van der Waals surface area contributed by atoms with Crippen molar-refractivity contribution in [1.82, 2.24) is 0 Å². The standard InChI is InChI=1S/C26H23NO2/c1-3-19-14-23(17-28)24(18-29-2)15-22(19)13-12-21-10-7-11-25(26(21)16-27)20-8-5-4-6-9-20/h3-13,15,17,23H,1,14,18H2,2H3/b13-12+. The van der Waals surface area contributed by atoms with E-state index in [1.54, 1.807) is 13.2 Å². The lowest BCUT2D eigenvalue weighted by Crippen LogP contribution is -2.15. The van der Waals surface area contributed by atoms with Gasteiger partial charge in [0.05, 0.1) is 12.2 Å². The number of allylic oxidation sites excluding steroid dienone is 5. The van der Waals surface area contributed by atoms with E-state index in [1.165, 1.54) is 0 Å². The van der Waals surface area contributed by atoms with E-state index >= 15 is 0 Å². The number of nitrogens with zero attached hydrogens (tertiary/aromatic N) is 1. The second kappa shape index (κ2) is 9.64. The quantitative estimate of drug-likeness (QED) is 0.594. The first-order chi connectivity index (χ1) is 14.2. The fraction of sp³-hybridized carbons (Fsp3) is 0.154. The van der Waals surface area contributed by atoms with E-state index in [0.717, 1.165) is 39.7 Å². The summed E-state index contributed by atoms with van der Waals surface area (Å²) in [6.07, 6.45) is 9.29. The molecule has 1 aliphatic rings. The molecule has 0 radical (unpaired) electrons. The molecule has 1 unspecified atom stereocenters. The second-order valence-electron chi connectivity index (χ2n) is 6.86. The fourth-order valence-corrected chi connectivity index (χ4v) is 3.56. The Labute approximate surface area is 172 Å². The van der Waals surface area contributed by atoms with Crippen LogP contribution < -0.4 is 0 Å². The minimum atomic E-state index is -0.184. The molecule has 0 N–H and O–H groups in total. The van der Waals surface area contributed by atoms with Crippen molar-refractivity contribution in [3.8, 4) is 17.2 Å². The zero-order valence-electron chi connectivity index (χ0n) is 16.5. The molecule has 0 bridgehead atoms. The summed E-state index contributed by atoms with van der Waals surface area (Å²) in [5, 5.41) is 9.79. The van der Waals surface area contributed by atoms with Crippen molar-refractivity contribution in [3.05, 3.63) is 101 Å². The summed E-state index contributed by atoms with van der Waals surface area (Å²) in [6.45, 7) is 4.31. The van der Waals surface area contributed by atoms with Gasteiger partial charge in [-0.05, 0) is 34.3 Å². The van der Waals surface area contributed by atoms with Crippen LogP contribution in [0.25, 0.3) is 17.2 Å². The Morgan fingerprint density at radius 3 is 2.62 bits per heavy atom. The first-order valence-corrected chi connectivity index (χ1v) is 9.48. The molecule has 3 heteroatoms. The monoisotopic (exact) mass is 381 g/mol. The summed E-state index contributed by atoms with van der Waals surface area (Å²) >= 11 is 0. The highest BCUT2D eigenvalue weighted by atomic mass is 16.5. The Balaban J connectivity index is 2.01. The lowest BCUT2D eigenvalue weighted by Gasteiger charge is -2.22. The highest BCUT2D eigenvalue weighted by Gasteiger charge is 2.20. The Kier molecular flexibility index (Phi) is 6.73. The molecule has 0 aromatic heterocycles. The summed E-state index contributed by atoms with van der Waals surface area (Å²) in [5.41, 5.74) is 6.36. The number of carbonyl (C=O) groups excluding carboxylic acids is 1. The molecule has 1 atom stereocenters. The van der Waals surface area contributed by atoms with Crippen molar-refractivity contribution < 1.29 is 9.53 Å². The van der Waals surface area contributed by atoms with Crippen LogP contribution >= 0.6 is 0 Å². The molecule has 3 nitrogen and oxygen atoms in total. The van der Waals surface area contributed by atoms with Crippen LogP contribution in [0.4, 0.5) is 0 Å². The minimum absolute atomic E-state index is 0.184. The van der Waals surface area contributed by atoms with E-state index in [2.05, 4.69) is 12.6 Å². The van der Waals surface area contributed by atoms with Crippen molar-refractivity contribution in [2.45, 2.75) is 6.42 Å². The van der Waals surface area contributed by atoms with Crippen molar-refractivity contribution in [1.29, 1.82) is 5.26 Å². The van der Waals surface area contributed by atoms with Gasteiger partial charge in [0.2, 0.25) is 0 Å². The Bertz CT molecular complexity index is 1040. The normalized spacial score (nSPS) is 16.4. The summed E-state index contributed by atoms with van der Waals surface area (Å²) in [6, 6.07) is 18.1. The third-order valence-electron chi connectivity index (χ3n) is 5.09. The molecule has 2 aromatic rings. The van der Waals surface area contributed by atoms with Gasteiger partial charge in [-0.25, -0.2) is 0 Å².